The predicted octanol–water partition coefficient (Wildman–Crippen LogP) is 6.28. The van der Waals surface area contributed by atoms with Crippen molar-refractivity contribution in [2.75, 3.05) is 25.5 Å². The number of hydrogen-bond donors (Lipinski definition) is 1. The summed E-state index contributed by atoms with van der Waals surface area (Å²) in [5.41, 5.74) is 1.68. The number of aromatic nitrogens is 2. The van der Waals surface area contributed by atoms with E-state index in [1.54, 1.807) is 11.8 Å². The van der Waals surface area contributed by atoms with Gasteiger partial charge in [-0.15, -0.1) is 11.3 Å². The first-order chi connectivity index (χ1) is 16.2. The van der Waals surface area contributed by atoms with Crippen molar-refractivity contribution in [1.29, 1.82) is 0 Å². The maximum Gasteiger partial charge on any atom is 0.254 e. The average Bonchev–Trinajstić information content (AvgIpc) is 3.43. The summed E-state index contributed by atoms with van der Waals surface area (Å²) in [5.74, 6) is 2.00. The number of nitrogens with one attached hydrogen (secondary N) is 1. The second-order valence-electron chi connectivity index (χ2n) is 9.84. The van der Waals surface area contributed by atoms with Gasteiger partial charge in [0, 0.05) is 34.4 Å². The van der Waals surface area contributed by atoms with Crippen LogP contribution in [0.3, 0.4) is 0 Å². The Kier molecular flexibility index (Phi) is 7.65. The lowest BCUT2D eigenvalue weighted by molar-refractivity contribution is 0.0750. The number of carbonyl (C=O) groups excluding carboxylic acids is 1. The van der Waals surface area contributed by atoms with E-state index in [1.807, 2.05) is 45.0 Å². The second kappa shape index (κ2) is 10.5. The highest BCUT2D eigenvalue weighted by Crippen LogP contribution is 2.32. The van der Waals surface area contributed by atoms with Gasteiger partial charge in [-0.25, -0.2) is 0 Å². The van der Waals surface area contributed by atoms with Crippen LogP contribution in [0.5, 0.6) is 5.75 Å². The van der Waals surface area contributed by atoms with Crippen molar-refractivity contribution in [2.45, 2.75) is 52.6 Å². The molecule has 0 spiro atoms. The minimum absolute atomic E-state index is 0.0147. The van der Waals surface area contributed by atoms with E-state index in [2.05, 4.69) is 28.4 Å². The third-order valence-electron chi connectivity index (χ3n) is 6.23. The summed E-state index contributed by atoms with van der Waals surface area (Å²) in [5, 5.41) is 8.21. The summed E-state index contributed by atoms with van der Waals surface area (Å²) in [6.07, 6.45) is 2.02. The molecule has 0 amide bonds. The summed E-state index contributed by atoms with van der Waals surface area (Å²) in [6, 6.07) is 14.2. The molecule has 3 heterocycles. The average molecular weight is 501 g/mol. The minimum atomic E-state index is -0.524. The lowest BCUT2D eigenvalue weighted by Crippen LogP contribution is -2.33. The van der Waals surface area contributed by atoms with Crippen LogP contribution < -0.4 is 10.1 Å². The molecule has 1 aromatic carbocycles. The molecule has 0 atom stereocenters. The van der Waals surface area contributed by atoms with Gasteiger partial charge in [0.15, 0.2) is 0 Å². The van der Waals surface area contributed by atoms with Crippen LogP contribution in [-0.2, 0) is 13.1 Å². The van der Waals surface area contributed by atoms with Gasteiger partial charge in [0.2, 0.25) is 0 Å². The maximum absolute atomic E-state index is 13.1. The largest absolute Gasteiger partial charge is 0.496 e. The van der Waals surface area contributed by atoms with E-state index in [0.717, 1.165) is 59.0 Å². The number of carbonyl (C=O) groups is 1. The Hall–Kier alpha value is -2.35. The molecule has 6 nitrogen and oxygen atoms in total. The zero-order valence-corrected chi connectivity index (χ0v) is 21.9. The number of piperidine rings is 1. The predicted molar refractivity (Wildman–Crippen MR) is 139 cm³/mol. The Morgan fingerprint density at radius 2 is 1.94 bits per heavy atom. The Bertz CT molecular complexity index is 1130. The maximum atomic E-state index is 13.1. The van der Waals surface area contributed by atoms with E-state index in [1.165, 1.54) is 16.9 Å². The highest BCUT2D eigenvalue weighted by atomic mass is 35.5. The summed E-state index contributed by atoms with van der Waals surface area (Å²) in [7, 11) is 1.72. The molecule has 1 aliphatic rings. The van der Waals surface area contributed by atoms with Crippen LogP contribution in [0.2, 0.25) is 4.34 Å². The van der Waals surface area contributed by atoms with E-state index < -0.39 is 5.41 Å². The van der Waals surface area contributed by atoms with Crippen LogP contribution in [0.1, 0.15) is 60.5 Å². The molecule has 182 valence electrons. The van der Waals surface area contributed by atoms with Gasteiger partial charge in [0.05, 0.1) is 23.7 Å². The molecular formula is C26H33ClN4O2S. The SMILES string of the molecule is COc1ccccc1CN1CCC(c2cc(NCc3ccc(Cl)s3)n(C(=O)C(C)(C)C)n2)CC1. The molecule has 0 aliphatic carbocycles. The number of ether oxygens (including phenoxy) is 1. The molecule has 3 aromatic rings. The fourth-order valence-electron chi connectivity index (χ4n) is 4.28. The van der Waals surface area contributed by atoms with Crippen molar-refractivity contribution in [3.63, 3.8) is 0 Å². The second-order valence-corrected chi connectivity index (χ2v) is 11.6. The van der Waals surface area contributed by atoms with Crippen LogP contribution in [0, 0.1) is 5.41 Å². The molecule has 0 bridgehead atoms. The molecule has 2 aromatic heterocycles. The third kappa shape index (κ3) is 5.82. The fraction of sp³-hybridized carbons (Fsp3) is 0.462. The van der Waals surface area contributed by atoms with Crippen LogP contribution in [0.25, 0.3) is 0 Å². The van der Waals surface area contributed by atoms with Gasteiger partial charge in [0.1, 0.15) is 11.6 Å². The quantitative estimate of drug-likeness (QED) is 0.413. The summed E-state index contributed by atoms with van der Waals surface area (Å²) in [4.78, 5) is 16.7. The number of halogens is 1. The molecular weight excluding hydrogens is 468 g/mol. The smallest absolute Gasteiger partial charge is 0.254 e. The van der Waals surface area contributed by atoms with Crippen LogP contribution in [0.4, 0.5) is 5.82 Å². The van der Waals surface area contributed by atoms with Crippen LogP contribution >= 0.6 is 22.9 Å². The van der Waals surface area contributed by atoms with Crippen molar-refractivity contribution in [3.05, 3.63) is 62.9 Å². The van der Waals surface area contributed by atoms with E-state index in [9.17, 15) is 4.79 Å². The Morgan fingerprint density at radius 3 is 2.59 bits per heavy atom. The van der Waals surface area contributed by atoms with Gasteiger partial charge in [0.25, 0.3) is 5.91 Å². The molecule has 1 fully saturated rings. The van der Waals surface area contributed by atoms with Crippen LogP contribution in [0.15, 0.2) is 42.5 Å². The van der Waals surface area contributed by atoms with Gasteiger partial charge in [-0.3, -0.25) is 9.69 Å². The Balaban J connectivity index is 1.46. The highest BCUT2D eigenvalue weighted by Gasteiger charge is 2.29. The number of thiophene rings is 1. The highest BCUT2D eigenvalue weighted by molar-refractivity contribution is 7.16. The number of methoxy groups -OCH3 is 1. The van der Waals surface area contributed by atoms with Gasteiger partial charge < -0.3 is 10.1 Å². The van der Waals surface area contributed by atoms with Gasteiger partial charge in [-0.05, 0) is 44.1 Å². The number of rotatable bonds is 7. The van der Waals surface area contributed by atoms with Gasteiger partial charge in [-0.2, -0.15) is 9.78 Å². The lowest BCUT2D eigenvalue weighted by Gasteiger charge is -2.31. The zero-order chi connectivity index (χ0) is 24.3. The number of anilines is 1. The van der Waals surface area contributed by atoms with Crippen molar-refractivity contribution in [1.82, 2.24) is 14.7 Å². The molecule has 8 heteroatoms. The van der Waals surface area contributed by atoms with E-state index >= 15 is 0 Å². The molecule has 1 aliphatic heterocycles. The van der Waals surface area contributed by atoms with E-state index in [-0.39, 0.29) is 5.91 Å². The number of hydrogen-bond acceptors (Lipinski definition) is 6. The minimum Gasteiger partial charge on any atom is -0.496 e. The van der Waals surface area contributed by atoms with Gasteiger partial charge >= 0.3 is 0 Å². The Labute approximate surface area is 210 Å². The molecule has 1 N–H and O–H groups in total. The molecule has 0 radical (unpaired) electrons. The monoisotopic (exact) mass is 500 g/mol. The summed E-state index contributed by atoms with van der Waals surface area (Å²) in [6.45, 7) is 9.24. The molecule has 0 saturated carbocycles. The molecule has 0 unspecified atom stereocenters. The van der Waals surface area contributed by atoms with Crippen molar-refractivity contribution in [2.24, 2.45) is 5.41 Å². The van der Waals surface area contributed by atoms with Crippen LogP contribution in [-0.4, -0.2) is 40.8 Å². The van der Waals surface area contributed by atoms with Crippen molar-refractivity contribution >= 4 is 34.7 Å². The number of benzene rings is 1. The van der Waals surface area contributed by atoms with E-state index in [4.69, 9.17) is 21.4 Å². The first-order valence-electron chi connectivity index (χ1n) is 11.7. The first kappa shape index (κ1) is 24.8. The topological polar surface area (TPSA) is 59.4 Å². The van der Waals surface area contributed by atoms with E-state index in [0.29, 0.717) is 12.5 Å². The Morgan fingerprint density at radius 1 is 1.21 bits per heavy atom. The normalized spacial score (nSPS) is 15.4. The van der Waals surface area contributed by atoms with Crippen molar-refractivity contribution < 1.29 is 9.53 Å². The third-order valence-corrected chi connectivity index (χ3v) is 7.46. The molecule has 4 rings (SSSR count). The molecule has 1 saturated heterocycles. The number of nitrogens with zero attached hydrogens (tertiary/aromatic N) is 3. The summed E-state index contributed by atoms with van der Waals surface area (Å²) >= 11 is 7.62. The van der Waals surface area contributed by atoms with Gasteiger partial charge in [-0.1, -0.05) is 50.6 Å². The first-order valence-corrected chi connectivity index (χ1v) is 12.9. The zero-order valence-electron chi connectivity index (χ0n) is 20.3. The lowest BCUT2D eigenvalue weighted by atomic mass is 9.93. The standard InChI is InChI=1S/C26H33ClN4O2S/c1-26(2,3)25(32)31-24(28-16-20-9-10-23(27)34-20)15-21(29-31)18-11-13-30(14-12-18)17-19-7-5-6-8-22(19)33-4/h5-10,15,18,28H,11-14,16-17H2,1-4H3. The molecule has 34 heavy (non-hydrogen) atoms. The number of para-hydroxylation sites is 1. The summed E-state index contributed by atoms with van der Waals surface area (Å²) < 4.78 is 7.84. The number of likely N-dealkylation sites (tertiary alicyclic amines) is 1. The fourth-order valence-corrected chi connectivity index (χ4v) is 5.31. The van der Waals surface area contributed by atoms with Crippen molar-refractivity contribution in [3.8, 4) is 5.75 Å².